The predicted octanol–water partition coefficient (Wildman–Crippen LogP) is 8.93. The zero-order valence-corrected chi connectivity index (χ0v) is 33.0. The van der Waals surface area contributed by atoms with Crippen LogP contribution in [-0.4, -0.2) is 98.7 Å². The maximum absolute atomic E-state index is 17.2. The van der Waals surface area contributed by atoms with Crippen LogP contribution in [0.4, 0.5) is 46.9 Å². The number of likely N-dealkylation sites (tertiary alicyclic amines) is 1. The lowest BCUT2D eigenvalue weighted by Crippen LogP contribution is -2.43. The monoisotopic (exact) mass is 823 g/mol. The van der Waals surface area contributed by atoms with Crippen LogP contribution in [0.25, 0.3) is 32.2 Å². The molecule has 12 nitrogen and oxygen atoms in total. The molecule has 19 heteroatoms. The first-order chi connectivity index (χ1) is 26.6. The Morgan fingerprint density at radius 3 is 2.42 bits per heavy atom. The van der Waals surface area contributed by atoms with Gasteiger partial charge < -0.3 is 24.4 Å². The predicted molar refractivity (Wildman–Crippen MR) is 201 cm³/mol. The van der Waals surface area contributed by atoms with Gasteiger partial charge in [0, 0.05) is 48.6 Å². The minimum absolute atomic E-state index is 0.0475. The van der Waals surface area contributed by atoms with Crippen LogP contribution in [0.5, 0.6) is 6.01 Å². The lowest BCUT2D eigenvalue weighted by Gasteiger charge is -2.31. The van der Waals surface area contributed by atoms with Crippen LogP contribution >= 0.6 is 11.3 Å². The van der Waals surface area contributed by atoms with Crippen molar-refractivity contribution in [2.75, 3.05) is 43.4 Å². The van der Waals surface area contributed by atoms with Gasteiger partial charge in [0.15, 0.2) is 10.9 Å². The minimum atomic E-state index is -5.15. The number of thiazole rings is 1. The first-order valence-electron chi connectivity index (χ1n) is 18.6. The number of alkyl halides is 4. The van der Waals surface area contributed by atoms with Gasteiger partial charge in [0.25, 0.3) is 0 Å². The molecule has 2 aromatic heterocycles. The van der Waals surface area contributed by atoms with Gasteiger partial charge in [-0.1, -0.05) is 11.3 Å². The van der Waals surface area contributed by atoms with Crippen LogP contribution in [0.3, 0.4) is 0 Å². The minimum Gasteiger partial charge on any atom is -0.461 e. The van der Waals surface area contributed by atoms with Crippen LogP contribution in [0.1, 0.15) is 72.8 Å². The summed E-state index contributed by atoms with van der Waals surface area (Å²) in [5.74, 6) is -2.45. The lowest BCUT2D eigenvalue weighted by molar-refractivity contribution is -0.137. The van der Waals surface area contributed by atoms with Crippen molar-refractivity contribution in [3.8, 4) is 17.1 Å². The zero-order chi connectivity index (χ0) is 41.2. The Morgan fingerprint density at radius 1 is 0.982 bits per heavy atom. The Bertz CT molecular complexity index is 2220. The molecule has 3 aliphatic rings. The van der Waals surface area contributed by atoms with Crippen LogP contribution in [0, 0.1) is 11.6 Å². The number of aromatic nitrogens is 3. The topological polar surface area (TPSA) is 131 Å². The van der Waals surface area contributed by atoms with E-state index in [1.165, 1.54) is 4.90 Å². The van der Waals surface area contributed by atoms with Crippen molar-refractivity contribution < 1.29 is 50.1 Å². The summed E-state index contributed by atoms with van der Waals surface area (Å²) in [5, 5.41) is 4.94. The molecule has 0 saturated carbocycles. The Kier molecular flexibility index (Phi) is 10.4. The van der Waals surface area contributed by atoms with E-state index in [-0.39, 0.29) is 65.2 Å². The summed E-state index contributed by atoms with van der Waals surface area (Å²) in [6.07, 6.45) is -5.70. The highest BCUT2D eigenvalue weighted by molar-refractivity contribution is 7.22. The van der Waals surface area contributed by atoms with Crippen LogP contribution < -0.4 is 15.4 Å². The molecule has 2 N–H and O–H groups in total. The van der Waals surface area contributed by atoms with E-state index in [9.17, 15) is 14.0 Å². The number of hydrogen-bond donors (Lipinski definition) is 2. The highest BCUT2D eigenvalue weighted by atomic mass is 32.1. The number of carbonyl (C=O) groups is 2. The summed E-state index contributed by atoms with van der Waals surface area (Å²) in [4.78, 5) is 41.7. The summed E-state index contributed by atoms with van der Waals surface area (Å²) >= 11 is 0.638. The van der Waals surface area contributed by atoms with Gasteiger partial charge in [-0.2, -0.15) is 23.1 Å². The van der Waals surface area contributed by atoms with Gasteiger partial charge in [0.2, 0.25) is 0 Å². The molecular formula is C38H43F6N7O5S. The number of hydrogen-bond acceptors (Lipinski definition) is 11. The molecule has 4 aromatic rings. The molecule has 3 fully saturated rings. The molecule has 3 atom stereocenters. The van der Waals surface area contributed by atoms with E-state index in [0.717, 1.165) is 18.6 Å². The Balaban J connectivity index is 1.33. The molecule has 0 bridgehead atoms. The van der Waals surface area contributed by atoms with Crippen molar-refractivity contribution in [1.82, 2.24) is 24.8 Å². The largest absolute Gasteiger partial charge is 0.461 e. The first-order valence-corrected chi connectivity index (χ1v) is 19.4. The highest BCUT2D eigenvalue weighted by Gasteiger charge is 2.49. The van der Waals surface area contributed by atoms with Crippen molar-refractivity contribution in [1.29, 1.82) is 0 Å². The third-order valence-electron chi connectivity index (χ3n) is 10.0. The van der Waals surface area contributed by atoms with Gasteiger partial charge in [-0.15, -0.1) is 0 Å². The molecule has 0 aliphatic carbocycles. The van der Waals surface area contributed by atoms with Gasteiger partial charge in [-0.3, -0.25) is 10.2 Å². The molecule has 0 spiro atoms. The summed E-state index contributed by atoms with van der Waals surface area (Å²) in [6.45, 7) is 11.3. The molecule has 0 radical (unpaired) electrons. The van der Waals surface area contributed by atoms with Crippen molar-refractivity contribution >= 4 is 55.6 Å². The number of anilines is 2. The molecule has 3 aliphatic heterocycles. The Labute approximate surface area is 328 Å². The van der Waals surface area contributed by atoms with Crippen molar-refractivity contribution in [3.63, 3.8) is 0 Å². The maximum Gasteiger partial charge on any atom is 0.417 e. The smallest absolute Gasteiger partial charge is 0.417 e. The van der Waals surface area contributed by atoms with Gasteiger partial charge in [0.05, 0.1) is 21.3 Å². The van der Waals surface area contributed by atoms with E-state index in [0.29, 0.717) is 36.8 Å². The Hall–Kier alpha value is -4.65. The number of nitrogens with zero attached hydrogens (tertiary/aromatic N) is 5. The number of amides is 2. The Morgan fingerprint density at radius 2 is 1.72 bits per heavy atom. The quantitative estimate of drug-likeness (QED) is 0.174. The summed E-state index contributed by atoms with van der Waals surface area (Å²) in [7, 11) is 0. The fraction of sp³-hybridized carbons (Fsp3) is 0.553. The molecule has 7 rings (SSSR count). The number of ether oxygens (including phenoxy) is 3. The van der Waals surface area contributed by atoms with Crippen LogP contribution in [0.2, 0.25) is 0 Å². The molecule has 3 saturated heterocycles. The van der Waals surface area contributed by atoms with Gasteiger partial charge in [-0.05, 0) is 85.5 Å². The van der Waals surface area contributed by atoms with Gasteiger partial charge in [0.1, 0.15) is 41.1 Å². The van der Waals surface area contributed by atoms with E-state index in [2.05, 4.69) is 25.6 Å². The lowest BCUT2D eigenvalue weighted by atomic mass is 9.95. The first kappa shape index (κ1) is 40.5. The van der Waals surface area contributed by atoms with Crippen LogP contribution in [-0.2, 0) is 15.7 Å². The summed E-state index contributed by atoms with van der Waals surface area (Å²) in [5.41, 5.74) is -5.98. The standard InChI is InChI=1S/C38H43F6N7O5S/c1-35(2,3)55-33(52)49-32-47-28-21(8-9-24(40)29(28)57-32)25-23(38(42,43)44)14-22-27(26(25)41)46-31(54-18-37-11-7-12-51(37)16-19(39)15-37)48-30(22)45-20-10-13-50(17-20)34(53)56-36(4,5)6/h8-9,14,19-20H,7,10-13,15-18H2,1-6H3,(H,45,46,48)(H,47,49,52)/t19-,20-,37+/m1/s1. The van der Waals surface area contributed by atoms with Gasteiger partial charge in [-0.25, -0.2) is 27.7 Å². The fourth-order valence-corrected chi connectivity index (χ4v) is 8.58. The third-order valence-corrected chi connectivity index (χ3v) is 11.0. The molecule has 308 valence electrons. The van der Waals surface area contributed by atoms with E-state index >= 15 is 22.0 Å². The summed E-state index contributed by atoms with van der Waals surface area (Å²) < 4.78 is 109. The second kappa shape index (κ2) is 14.6. The zero-order valence-electron chi connectivity index (χ0n) is 32.2. The van der Waals surface area contributed by atoms with E-state index in [1.807, 2.05) is 4.90 Å². The number of fused-ring (bicyclic) bond motifs is 3. The molecule has 5 heterocycles. The number of halogens is 6. The van der Waals surface area contributed by atoms with Crippen molar-refractivity contribution in [2.24, 2.45) is 0 Å². The van der Waals surface area contributed by atoms with E-state index in [4.69, 9.17) is 14.2 Å². The SMILES string of the molecule is CC(C)(C)OC(=O)Nc1nc2c(-c3c(C(F)(F)F)cc4c(N[C@@H]5CCN(C(=O)OC(C)(C)C)C5)nc(OC[C@@]56CCCN5C[C@H](F)C6)nc4c3F)ccc(F)c2s1. The third kappa shape index (κ3) is 8.49. The fourth-order valence-electron chi connectivity index (χ4n) is 7.70. The molecular weight excluding hydrogens is 781 g/mol. The van der Waals surface area contributed by atoms with Crippen molar-refractivity contribution in [3.05, 3.63) is 35.4 Å². The number of nitrogens with one attached hydrogen (secondary N) is 2. The number of carbonyl (C=O) groups excluding carboxylic acids is 2. The second-order valence-electron chi connectivity index (χ2n) is 16.7. The van der Waals surface area contributed by atoms with E-state index in [1.54, 1.807) is 41.5 Å². The van der Waals surface area contributed by atoms with Gasteiger partial charge >= 0.3 is 24.4 Å². The molecule has 57 heavy (non-hydrogen) atoms. The molecule has 2 amide bonds. The van der Waals surface area contributed by atoms with Crippen LogP contribution in [0.15, 0.2) is 18.2 Å². The molecule has 2 aromatic carbocycles. The van der Waals surface area contributed by atoms with Crippen molar-refractivity contribution in [2.45, 2.75) is 102 Å². The average Bonchev–Trinajstić information content (AvgIpc) is 3.86. The van der Waals surface area contributed by atoms with E-state index < -0.39 is 81.2 Å². The normalized spacial score (nSPS) is 21.6. The summed E-state index contributed by atoms with van der Waals surface area (Å²) in [6, 6.07) is 1.69. The number of benzene rings is 2. The maximum atomic E-state index is 17.2. The highest BCUT2D eigenvalue weighted by Crippen LogP contribution is 2.46. The second-order valence-corrected chi connectivity index (χ2v) is 17.7. The molecule has 0 unspecified atom stereocenters. The number of rotatable bonds is 7. The average molecular weight is 824 g/mol.